The van der Waals surface area contributed by atoms with Crippen LogP contribution in [0.4, 0.5) is 14.6 Å². The van der Waals surface area contributed by atoms with Crippen molar-refractivity contribution in [1.29, 1.82) is 0 Å². The minimum atomic E-state index is -0.991. The molecule has 0 amide bonds. The summed E-state index contributed by atoms with van der Waals surface area (Å²) in [5.74, 6) is -0.602. The summed E-state index contributed by atoms with van der Waals surface area (Å²) in [6.45, 7) is 1.25. The van der Waals surface area contributed by atoms with E-state index in [0.717, 1.165) is 0 Å². The van der Waals surface area contributed by atoms with Crippen LogP contribution in [-0.2, 0) is 4.74 Å². The molecule has 2 aromatic heterocycles. The van der Waals surface area contributed by atoms with Gasteiger partial charge >= 0.3 is 0 Å². The average molecular weight is 347 g/mol. The molecule has 116 valence electrons. The van der Waals surface area contributed by atoms with E-state index in [1.165, 1.54) is 6.20 Å². The smallest absolute Gasteiger partial charge is 0.225 e. The van der Waals surface area contributed by atoms with Crippen LogP contribution in [0.15, 0.2) is 6.20 Å². The Kier molecular flexibility index (Phi) is 3.32. The SMILES string of the molecule is Fc1c(Cl)ncc2c(N3CCOCC4C3[C@@H]4F)nc(Cl)nc12. The first-order valence-electron chi connectivity index (χ1n) is 6.73. The van der Waals surface area contributed by atoms with Gasteiger partial charge < -0.3 is 9.64 Å². The minimum absolute atomic E-state index is 0.0206. The van der Waals surface area contributed by atoms with Crippen LogP contribution in [-0.4, -0.2) is 46.9 Å². The standard InChI is InChI=1S/C13H10Cl2F2N4O/c14-11-8(17)9-5(3-18-11)12(20-13(15)19-9)21-1-2-22-4-6-7(16)10(6)21/h3,6-7,10H,1-2,4H2/t6?,7-,10?/m1/s1. The highest BCUT2D eigenvalue weighted by Gasteiger charge is 2.56. The molecule has 3 heterocycles. The Morgan fingerprint density at radius 2 is 2.14 bits per heavy atom. The molecule has 2 aromatic rings. The molecule has 0 bridgehead atoms. The first-order chi connectivity index (χ1) is 10.6. The highest BCUT2D eigenvalue weighted by Crippen LogP contribution is 2.44. The van der Waals surface area contributed by atoms with Gasteiger partial charge in [0.1, 0.15) is 17.5 Å². The maximum absolute atomic E-state index is 14.1. The van der Waals surface area contributed by atoms with E-state index in [1.54, 1.807) is 4.90 Å². The minimum Gasteiger partial charge on any atom is -0.379 e. The maximum atomic E-state index is 14.1. The summed E-state index contributed by atoms with van der Waals surface area (Å²) < 4.78 is 33.4. The van der Waals surface area contributed by atoms with E-state index >= 15 is 0 Å². The van der Waals surface area contributed by atoms with E-state index in [4.69, 9.17) is 27.9 Å². The van der Waals surface area contributed by atoms with Crippen molar-refractivity contribution < 1.29 is 13.5 Å². The zero-order valence-corrected chi connectivity index (χ0v) is 12.7. The number of aromatic nitrogens is 3. The fourth-order valence-electron chi connectivity index (χ4n) is 2.90. The number of pyridine rings is 1. The Morgan fingerprint density at radius 3 is 2.95 bits per heavy atom. The number of hydrogen-bond acceptors (Lipinski definition) is 5. The second-order valence-corrected chi connectivity index (χ2v) is 6.00. The van der Waals surface area contributed by atoms with Gasteiger partial charge in [-0.3, -0.25) is 0 Å². The molecule has 1 aliphatic heterocycles. The molecule has 2 aliphatic rings. The fraction of sp³-hybridized carbons (Fsp3) is 0.462. The first-order valence-corrected chi connectivity index (χ1v) is 7.49. The van der Waals surface area contributed by atoms with Crippen LogP contribution >= 0.6 is 23.2 Å². The second-order valence-electron chi connectivity index (χ2n) is 5.31. The van der Waals surface area contributed by atoms with Crippen LogP contribution in [0, 0.1) is 11.7 Å². The molecule has 1 saturated heterocycles. The first kappa shape index (κ1) is 14.3. The molecular weight excluding hydrogens is 337 g/mol. The van der Waals surface area contributed by atoms with Crippen LogP contribution in [0.1, 0.15) is 0 Å². The Balaban J connectivity index is 1.89. The summed E-state index contributed by atoms with van der Waals surface area (Å²) in [7, 11) is 0. The molecule has 4 rings (SSSR count). The van der Waals surface area contributed by atoms with E-state index in [-0.39, 0.29) is 27.9 Å². The quantitative estimate of drug-likeness (QED) is 0.586. The van der Waals surface area contributed by atoms with Gasteiger partial charge in [-0.1, -0.05) is 11.6 Å². The number of fused-ring (bicyclic) bond motifs is 2. The zero-order chi connectivity index (χ0) is 15.4. The molecule has 5 nitrogen and oxygen atoms in total. The Hall–Kier alpha value is -1.31. The monoisotopic (exact) mass is 346 g/mol. The third-order valence-electron chi connectivity index (χ3n) is 4.05. The van der Waals surface area contributed by atoms with Crippen molar-refractivity contribution in [2.24, 2.45) is 5.92 Å². The third kappa shape index (κ3) is 2.11. The van der Waals surface area contributed by atoms with Gasteiger partial charge in [0.25, 0.3) is 0 Å². The van der Waals surface area contributed by atoms with E-state index < -0.39 is 12.0 Å². The van der Waals surface area contributed by atoms with Gasteiger partial charge in [-0.2, -0.15) is 4.98 Å². The van der Waals surface area contributed by atoms with Crippen molar-refractivity contribution in [3.8, 4) is 0 Å². The number of ether oxygens (including phenoxy) is 1. The molecule has 2 fully saturated rings. The van der Waals surface area contributed by atoms with E-state index in [2.05, 4.69) is 15.0 Å². The highest BCUT2D eigenvalue weighted by atomic mass is 35.5. The van der Waals surface area contributed by atoms with Crippen LogP contribution in [0.5, 0.6) is 0 Å². The summed E-state index contributed by atoms with van der Waals surface area (Å²) in [5.41, 5.74) is -0.0206. The molecule has 0 N–H and O–H groups in total. The lowest BCUT2D eigenvalue weighted by Gasteiger charge is -2.23. The molecular formula is C13H10Cl2F2N4O. The summed E-state index contributed by atoms with van der Waals surface area (Å²) >= 11 is 11.6. The number of hydrogen-bond donors (Lipinski definition) is 0. The van der Waals surface area contributed by atoms with Crippen molar-refractivity contribution >= 4 is 39.9 Å². The summed E-state index contributed by atoms with van der Waals surface area (Å²) in [6, 6.07) is -0.338. The predicted octanol–water partition coefficient (Wildman–Crippen LogP) is 2.64. The Labute approximate surface area is 134 Å². The van der Waals surface area contributed by atoms with Crippen molar-refractivity contribution in [2.75, 3.05) is 24.7 Å². The number of alkyl halides is 1. The van der Waals surface area contributed by atoms with Crippen molar-refractivity contribution in [2.45, 2.75) is 12.2 Å². The molecule has 22 heavy (non-hydrogen) atoms. The zero-order valence-electron chi connectivity index (χ0n) is 11.1. The van der Waals surface area contributed by atoms with Crippen molar-refractivity contribution in [3.63, 3.8) is 0 Å². The lowest BCUT2D eigenvalue weighted by Crippen LogP contribution is -2.31. The van der Waals surface area contributed by atoms with E-state index in [1.807, 2.05) is 0 Å². The molecule has 0 aromatic carbocycles. The normalized spacial score (nSPS) is 27.6. The van der Waals surface area contributed by atoms with E-state index in [9.17, 15) is 8.78 Å². The summed E-state index contributed by atoms with van der Waals surface area (Å²) in [5, 5.41) is -0.0624. The van der Waals surface area contributed by atoms with Crippen molar-refractivity contribution in [1.82, 2.24) is 15.0 Å². The number of rotatable bonds is 1. The average Bonchev–Trinajstić information content (AvgIpc) is 3.18. The topological polar surface area (TPSA) is 51.1 Å². The number of nitrogens with zero attached hydrogens (tertiary/aromatic N) is 4. The lowest BCUT2D eigenvalue weighted by molar-refractivity contribution is 0.131. The molecule has 0 radical (unpaired) electrons. The van der Waals surface area contributed by atoms with Gasteiger partial charge in [0.2, 0.25) is 5.28 Å². The van der Waals surface area contributed by atoms with Crippen LogP contribution in [0.3, 0.4) is 0 Å². The largest absolute Gasteiger partial charge is 0.379 e. The lowest BCUT2D eigenvalue weighted by atomic mass is 10.2. The van der Waals surface area contributed by atoms with Gasteiger partial charge in [0, 0.05) is 18.7 Å². The Morgan fingerprint density at radius 1 is 1.32 bits per heavy atom. The maximum Gasteiger partial charge on any atom is 0.225 e. The second kappa shape index (κ2) is 5.11. The highest BCUT2D eigenvalue weighted by molar-refractivity contribution is 6.30. The van der Waals surface area contributed by atoms with Gasteiger partial charge in [-0.25, -0.2) is 18.7 Å². The molecule has 3 atom stereocenters. The molecule has 1 aliphatic carbocycles. The number of anilines is 1. The van der Waals surface area contributed by atoms with Gasteiger partial charge in [-0.05, 0) is 11.6 Å². The molecule has 9 heteroatoms. The molecule has 0 spiro atoms. The molecule has 2 unspecified atom stereocenters. The van der Waals surface area contributed by atoms with Gasteiger partial charge in [0.15, 0.2) is 11.0 Å². The fourth-order valence-corrected chi connectivity index (χ4v) is 3.20. The van der Waals surface area contributed by atoms with Crippen LogP contribution in [0.2, 0.25) is 10.4 Å². The van der Waals surface area contributed by atoms with E-state index in [0.29, 0.717) is 31.0 Å². The van der Waals surface area contributed by atoms with Crippen molar-refractivity contribution in [3.05, 3.63) is 22.5 Å². The van der Waals surface area contributed by atoms with Crippen LogP contribution < -0.4 is 4.90 Å². The molecule has 1 saturated carbocycles. The van der Waals surface area contributed by atoms with Gasteiger partial charge in [0.05, 0.1) is 24.6 Å². The number of halogens is 4. The summed E-state index contributed by atoms with van der Waals surface area (Å²) in [6.07, 6.45) is 0.386. The predicted molar refractivity (Wildman–Crippen MR) is 77.7 cm³/mol. The Bertz CT molecular complexity index is 762. The van der Waals surface area contributed by atoms with Crippen LogP contribution in [0.25, 0.3) is 10.9 Å². The summed E-state index contributed by atoms with van der Waals surface area (Å²) in [4.78, 5) is 13.6. The third-order valence-corrected chi connectivity index (χ3v) is 4.48. The van der Waals surface area contributed by atoms with Gasteiger partial charge in [-0.15, -0.1) is 0 Å².